The molecule has 2 heterocycles. The summed E-state index contributed by atoms with van der Waals surface area (Å²) in [4.78, 5) is 5.03. The molecule has 0 saturated carbocycles. The van der Waals surface area contributed by atoms with Gasteiger partial charge in [0.15, 0.2) is 0 Å². The van der Waals surface area contributed by atoms with Gasteiger partial charge in [0.1, 0.15) is 52.4 Å². The summed E-state index contributed by atoms with van der Waals surface area (Å²) in [6.45, 7) is 13.6. The predicted molar refractivity (Wildman–Crippen MR) is 69.4 cm³/mol. The van der Waals surface area contributed by atoms with Crippen LogP contribution in [0.25, 0.3) is 0 Å². The Kier molecular flexibility index (Phi) is 16.3. The van der Waals surface area contributed by atoms with E-state index in [1.165, 1.54) is 32.7 Å². The summed E-state index contributed by atoms with van der Waals surface area (Å²) in [5.74, 6) is 0. The number of hydrogen-bond donors (Lipinski definition) is 3. The number of morpholine rings is 1. The van der Waals surface area contributed by atoms with Gasteiger partial charge in [0.25, 0.3) is 0 Å². The number of quaternary nitrogens is 3. The van der Waals surface area contributed by atoms with Gasteiger partial charge in [-0.3, -0.25) is 0 Å². The number of rotatable bonds is 6. The van der Waals surface area contributed by atoms with Crippen LogP contribution < -0.4 is 51.9 Å². The summed E-state index contributed by atoms with van der Waals surface area (Å²) in [5.41, 5.74) is 0. The van der Waals surface area contributed by atoms with Gasteiger partial charge in [0, 0.05) is 0 Å². The van der Waals surface area contributed by atoms with Gasteiger partial charge in [-0.05, 0) is 0 Å². The Morgan fingerprint density at radius 3 is 1.76 bits per heavy atom. The molecule has 0 unspecified atom stereocenters. The molecule has 5 nitrogen and oxygen atoms in total. The second kappa shape index (κ2) is 14.3. The smallest absolute Gasteiger partial charge is 0.127 e. The van der Waals surface area contributed by atoms with E-state index in [4.69, 9.17) is 9.47 Å². The Hall–Kier alpha value is 0.670. The molecule has 0 aromatic carbocycles. The van der Waals surface area contributed by atoms with Crippen molar-refractivity contribution < 1.29 is 61.4 Å². The van der Waals surface area contributed by atoms with Gasteiger partial charge in [-0.1, -0.05) is 0 Å². The molecule has 0 amide bonds. The van der Waals surface area contributed by atoms with E-state index in [-0.39, 0.29) is 37.2 Å². The third kappa shape index (κ3) is 10.1. The molecule has 3 N–H and O–H groups in total. The second-order valence-corrected chi connectivity index (χ2v) is 5.68. The van der Waals surface area contributed by atoms with Crippen molar-refractivity contribution in [1.82, 2.24) is 0 Å². The zero-order valence-corrected chi connectivity index (χ0v) is 15.2. The molecule has 2 aliphatic heterocycles. The summed E-state index contributed by atoms with van der Waals surface area (Å²) in [7, 11) is 2.29. The normalized spacial score (nSPS) is 26.1. The lowest BCUT2D eigenvalue weighted by Crippen LogP contribution is -3.27. The number of piperazine rings is 1. The van der Waals surface area contributed by atoms with Gasteiger partial charge >= 0.3 is 0 Å². The van der Waals surface area contributed by atoms with Crippen LogP contribution in [0.15, 0.2) is 0 Å². The molecule has 2 fully saturated rings. The number of hydrogen-bond acceptors (Lipinski definition) is 2. The van der Waals surface area contributed by atoms with E-state index in [2.05, 4.69) is 7.05 Å². The highest BCUT2D eigenvalue weighted by atomic mass is 35.5. The van der Waals surface area contributed by atoms with Gasteiger partial charge in [-0.15, -0.1) is 0 Å². The molecular weight excluding hydrogens is 337 g/mol. The van der Waals surface area contributed by atoms with Crippen molar-refractivity contribution in [3.63, 3.8) is 0 Å². The van der Waals surface area contributed by atoms with Crippen LogP contribution in [0.2, 0.25) is 0 Å². The Labute approximate surface area is 147 Å². The molecule has 130 valence electrons. The predicted octanol–water partition coefficient (Wildman–Crippen LogP) is -13.7. The summed E-state index contributed by atoms with van der Waals surface area (Å²) in [6.07, 6.45) is 0. The van der Waals surface area contributed by atoms with Gasteiger partial charge < -0.3 is 61.4 Å². The number of likely N-dealkylation sites (N-methyl/N-ethyl adjacent to an activating group) is 1. The minimum Gasteiger partial charge on any atom is -1.00 e. The minimum atomic E-state index is 0. The zero-order chi connectivity index (χ0) is 12.6. The van der Waals surface area contributed by atoms with Crippen molar-refractivity contribution in [2.45, 2.75) is 0 Å². The lowest BCUT2D eigenvalue weighted by molar-refractivity contribution is -1.00. The number of ether oxygens (including phenoxy) is 2. The molecule has 8 heteroatoms. The summed E-state index contributed by atoms with van der Waals surface area (Å²) < 4.78 is 11.1. The Morgan fingerprint density at radius 2 is 1.24 bits per heavy atom. The summed E-state index contributed by atoms with van der Waals surface area (Å²) >= 11 is 0. The zero-order valence-electron chi connectivity index (χ0n) is 12.9. The molecule has 0 spiro atoms. The molecule has 0 aromatic rings. The van der Waals surface area contributed by atoms with Crippen molar-refractivity contribution >= 4 is 0 Å². The molecule has 2 aliphatic rings. The first-order valence-electron chi connectivity index (χ1n) is 7.48. The van der Waals surface area contributed by atoms with E-state index in [9.17, 15) is 0 Å². The monoisotopic (exact) mass is 365 g/mol. The molecule has 2 saturated heterocycles. The van der Waals surface area contributed by atoms with Crippen LogP contribution in [0.1, 0.15) is 0 Å². The second-order valence-electron chi connectivity index (χ2n) is 5.68. The van der Waals surface area contributed by atoms with Gasteiger partial charge in [-0.25, -0.2) is 0 Å². The first-order chi connectivity index (χ1) is 8.84. The van der Waals surface area contributed by atoms with Crippen LogP contribution in [0, 0.1) is 0 Å². The van der Waals surface area contributed by atoms with Crippen molar-refractivity contribution in [1.29, 1.82) is 0 Å². The van der Waals surface area contributed by atoms with Crippen molar-refractivity contribution in [3.8, 4) is 0 Å². The lowest BCUT2D eigenvalue weighted by atomic mass is 10.3. The molecule has 0 bridgehead atoms. The highest BCUT2D eigenvalue weighted by Gasteiger charge is 2.19. The fourth-order valence-corrected chi connectivity index (χ4v) is 2.73. The van der Waals surface area contributed by atoms with Crippen LogP contribution in [0.5, 0.6) is 0 Å². The average molecular weight is 367 g/mol. The highest BCUT2D eigenvalue weighted by molar-refractivity contribution is 4.40. The fraction of sp³-hybridized carbons (Fsp3) is 1.00. The topological polar surface area (TPSA) is 31.8 Å². The van der Waals surface area contributed by atoms with Crippen LogP contribution in [0.4, 0.5) is 0 Å². The van der Waals surface area contributed by atoms with Gasteiger partial charge in [0.05, 0.1) is 33.5 Å². The molecule has 0 atom stereocenters. The molecule has 0 aliphatic carbocycles. The number of halogens is 3. The Balaban J connectivity index is 0. The summed E-state index contributed by atoms with van der Waals surface area (Å²) in [5, 5.41) is 0. The van der Waals surface area contributed by atoms with Crippen LogP contribution in [-0.2, 0) is 9.47 Å². The lowest BCUT2D eigenvalue weighted by Gasteiger charge is -2.27. The molecule has 2 rings (SSSR count). The van der Waals surface area contributed by atoms with E-state index in [0.717, 1.165) is 46.1 Å². The van der Waals surface area contributed by atoms with Crippen LogP contribution in [-0.4, -0.2) is 85.8 Å². The largest absolute Gasteiger partial charge is 1.00 e. The quantitative estimate of drug-likeness (QED) is 0.408. The van der Waals surface area contributed by atoms with Crippen molar-refractivity contribution in [2.24, 2.45) is 0 Å². The maximum atomic E-state index is 5.78. The van der Waals surface area contributed by atoms with Crippen molar-refractivity contribution in [3.05, 3.63) is 0 Å². The van der Waals surface area contributed by atoms with E-state index in [1.807, 2.05) is 0 Å². The van der Waals surface area contributed by atoms with E-state index in [0.29, 0.717) is 0 Å². The van der Waals surface area contributed by atoms with Crippen molar-refractivity contribution in [2.75, 3.05) is 85.8 Å². The number of nitrogens with one attached hydrogen (secondary N) is 3. The average Bonchev–Trinajstić information content (AvgIpc) is 2.42. The highest BCUT2D eigenvalue weighted by Crippen LogP contribution is 1.76. The SMILES string of the molecule is C[NH+]1CC[NH+](CCOCC[NH+]2CCOCC2)CC1.[Cl-].[Cl-].[Cl-]. The maximum absolute atomic E-state index is 5.78. The standard InChI is InChI=1S/C13H27N3O2.3ClH/c1-14-2-4-15(5-3-14)6-10-17-11-7-16-8-12-18-13-9-16;;;/h2-13H2,1H3;3*1H. The minimum absolute atomic E-state index is 0. The third-order valence-corrected chi connectivity index (χ3v) is 4.21. The van der Waals surface area contributed by atoms with Crippen LogP contribution in [0.3, 0.4) is 0 Å². The third-order valence-electron chi connectivity index (χ3n) is 4.21. The first kappa shape index (κ1) is 23.9. The van der Waals surface area contributed by atoms with Gasteiger partial charge in [-0.2, -0.15) is 0 Å². The Morgan fingerprint density at radius 1 is 0.762 bits per heavy atom. The Bertz CT molecular complexity index is 227. The molecule has 0 radical (unpaired) electrons. The van der Waals surface area contributed by atoms with Crippen LogP contribution >= 0.6 is 0 Å². The van der Waals surface area contributed by atoms with E-state index >= 15 is 0 Å². The van der Waals surface area contributed by atoms with E-state index in [1.54, 1.807) is 14.7 Å². The molecule has 0 aromatic heterocycles. The first-order valence-corrected chi connectivity index (χ1v) is 7.48. The van der Waals surface area contributed by atoms with E-state index < -0.39 is 0 Å². The van der Waals surface area contributed by atoms with Gasteiger partial charge in [0.2, 0.25) is 0 Å². The molecular formula is C13H30Cl3N3O2. The molecule has 21 heavy (non-hydrogen) atoms. The fourth-order valence-electron chi connectivity index (χ4n) is 2.73. The maximum Gasteiger partial charge on any atom is 0.127 e. The summed E-state index contributed by atoms with van der Waals surface area (Å²) in [6, 6.07) is 0.